The van der Waals surface area contributed by atoms with Crippen LogP contribution in [0.2, 0.25) is 0 Å². The van der Waals surface area contributed by atoms with Crippen LogP contribution in [0.5, 0.6) is 11.5 Å². The number of aryl methyl sites for hydroxylation is 1. The number of nitrogens with one attached hydrogen (secondary N) is 1. The van der Waals surface area contributed by atoms with E-state index in [-0.39, 0.29) is 6.04 Å². The predicted octanol–water partition coefficient (Wildman–Crippen LogP) is 2.58. The second-order valence-electron chi connectivity index (χ2n) is 5.09. The van der Waals surface area contributed by atoms with Crippen molar-refractivity contribution in [2.24, 2.45) is 5.84 Å². The number of furan rings is 1. The summed E-state index contributed by atoms with van der Waals surface area (Å²) in [4.78, 5) is 0. The van der Waals surface area contributed by atoms with Gasteiger partial charge < -0.3 is 13.9 Å². The van der Waals surface area contributed by atoms with Gasteiger partial charge in [-0.25, -0.2) is 0 Å². The zero-order chi connectivity index (χ0) is 14.5. The maximum absolute atomic E-state index is 5.72. The summed E-state index contributed by atoms with van der Waals surface area (Å²) in [6.45, 7) is 1.38. The molecule has 1 aromatic carbocycles. The molecule has 3 rings (SSSR count). The molecule has 0 saturated carbocycles. The van der Waals surface area contributed by atoms with E-state index in [0.29, 0.717) is 13.2 Å². The van der Waals surface area contributed by atoms with E-state index in [1.807, 2.05) is 30.3 Å². The van der Waals surface area contributed by atoms with Crippen LogP contribution in [0.4, 0.5) is 0 Å². The van der Waals surface area contributed by atoms with E-state index in [4.69, 9.17) is 19.7 Å². The van der Waals surface area contributed by atoms with Crippen molar-refractivity contribution in [1.29, 1.82) is 0 Å². The predicted molar refractivity (Wildman–Crippen MR) is 79.1 cm³/mol. The molecule has 0 aliphatic carbocycles. The summed E-state index contributed by atoms with van der Waals surface area (Å²) in [6.07, 6.45) is 4.27. The zero-order valence-corrected chi connectivity index (χ0v) is 11.9. The number of benzene rings is 1. The van der Waals surface area contributed by atoms with Crippen LogP contribution in [0.3, 0.4) is 0 Å². The molecule has 5 heteroatoms. The Morgan fingerprint density at radius 3 is 2.76 bits per heavy atom. The number of rotatable bonds is 5. The van der Waals surface area contributed by atoms with Gasteiger partial charge >= 0.3 is 0 Å². The lowest BCUT2D eigenvalue weighted by molar-refractivity contribution is 0.297. The van der Waals surface area contributed by atoms with E-state index in [1.165, 1.54) is 0 Å². The second-order valence-corrected chi connectivity index (χ2v) is 5.09. The Balaban J connectivity index is 1.72. The van der Waals surface area contributed by atoms with Crippen molar-refractivity contribution >= 4 is 0 Å². The van der Waals surface area contributed by atoms with Crippen LogP contribution in [-0.4, -0.2) is 13.2 Å². The smallest absolute Gasteiger partial charge is 0.161 e. The minimum absolute atomic E-state index is 0.0484. The highest BCUT2D eigenvalue weighted by Gasteiger charge is 2.16. The molecule has 1 unspecified atom stereocenters. The molecule has 0 saturated heterocycles. The molecule has 5 nitrogen and oxygen atoms in total. The molecular formula is C16H20N2O3. The molecule has 21 heavy (non-hydrogen) atoms. The minimum atomic E-state index is 0.0484. The molecule has 1 aliphatic heterocycles. The van der Waals surface area contributed by atoms with Gasteiger partial charge in [-0.1, -0.05) is 6.07 Å². The van der Waals surface area contributed by atoms with Crippen molar-refractivity contribution in [3.8, 4) is 11.5 Å². The van der Waals surface area contributed by atoms with Crippen LogP contribution in [0.1, 0.15) is 30.2 Å². The molecule has 2 aromatic rings. The van der Waals surface area contributed by atoms with Gasteiger partial charge in [0.1, 0.15) is 5.76 Å². The second kappa shape index (κ2) is 6.65. The first-order valence-electron chi connectivity index (χ1n) is 7.25. The Labute approximate surface area is 124 Å². The summed E-state index contributed by atoms with van der Waals surface area (Å²) in [7, 11) is 0. The Morgan fingerprint density at radius 2 is 2.00 bits per heavy atom. The summed E-state index contributed by atoms with van der Waals surface area (Å²) in [6, 6.07) is 9.91. The van der Waals surface area contributed by atoms with E-state index in [0.717, 1.165) is 42.1 Å². The first-order valence-corrected chi connectivity index (χ1v) is 7.25. The first-order chi connectivity index (χ1) is 10.4. The lowest BCUT2D eigenvalue weighted by Gasteiger charge is -2.17. The fourth-order valence-electron chi connectivity index (χ4n) is 2.48. The SMILES string of the molecule is NNC(CCc1ccco1)c1ccc2c(c1)OCCCO2. The van der Waals surface area contributed by atoms with Gasteiger partial charge in [0.25, 0.3) is 0 Å². The molecule has 1 atom stereocenters. The van der Waals surface area contributed by atoms with Crippen molar-refractivity contribution in [2.45, 2.75) is 25.3 Å². The third-order valence-corrected chi connectivity index (χ3v) is 3.63. The van der Waals surface area contributed by atoms with Crippen molar-refractivity contribution in [1.82, 2.24) is 5.43 Å². The Bertz CT molecular complexity index is 569. The molecule has 0 radical (unpaired) electrons. The Kier molecular flexibility index (Phi) is 4.43. The summed E-state index contributed by atoms with van der Waals surface area (Å²) in [5.41, 5.74) is 3.96. The van der Waals surface area contributed by atoms with Crippen LogP contribution in [0.15, 0.2) is 41.0 Å². The van der Waals surface area contributed by atoms with E-state index in [1.54, 1.807) is 6.26 Å². The molecule has 1 aromatic heterocycles. The monoisotopic (exact) mass is 288 g/mol. The average Bonchev–Trinajstić information content (AvgIpc) is 2.92. The fourth-order valence-corrected chi connectivity index (χ4v) is 2.48. The number of hydrogen-bond donors (Lipinski definition) is 2. The highest BCUT2D eigenvalue weighted by Crippen LogP contribution is 2.33. The highest BCUT2D eigenvalue weighted by atomic mass is 16.5. The molecule has 0 amide bonds. The number of hydrogen-bond acceptors (Lipinski definition) is 5. The van der Waals surface area contributed by atoms with Crippen LogP contribution >= 0.6 is 0 Å². The molecule has 112 valence electrons. The minimum Gasteiger partial charge on any atom is -0.490 e. The maximum Gasteiger partial charge on any atom is 0.161 e. The third kappa shape index (κ3) is 3.37. The van der Waals surface area contributed by atoms with Gasteiger partial charge in [-0.3, -0.25) is 11.3 Å². The summed E-state index contributed by atoms with van der Waals surface area (Å²) < 4.78 is 16.7. The van der Waals surface area contributed by atoms with Crippen LogP contribution in [-0.2, 0) is 6.42 Å². The van der Waals surface area contributed by atoms with Crippen LogP contribution in [0, 0.1) is 0 Å². The van der Waals surface area contributed by atoms with Crippen molar-refractivity contribution in [3.63, 3.8) is 0 Å². The van der Waals surface area contributed by atoms with Gasteiger partial charge in [-0.05, 0) is 36.2 Å². The van der Waals surface area contributed by atoms with Gasteiger partial charge in [-0.2, -0.15) is 0 Å². The Hall–Kier alpha value is -1.98. The number of hydrazine groups is 1. The molecule has 0 bridgehead atoms. The summed E-state index contributed by atoms with van der Waals surface area (Å²) in [5, 5.41) is 0. The van der Waals surface area contributed by atoms with Gasteiger partial charge in [-0.15, -0.1) is 0 Å². The topological polar surface area (TPSA) is 69.7 Å². The molecule has 3 N–H and O–H groups in total. The Morgan fingerprint density at radius 1 is 1.14 bits per heavy atom. The quantitative estimate of drug-likeness (QED) is 0.653. The molecule has 0 spiro atoms. The molecule has 2 heterocycles. The largest absolute Gasteiger partial charge is 0.490 e. The summed E-state index contributed by atoms with van der Waals surface area (Å²) in [5.74, 6) is 8.26. The first kappa shape index (κ1) is 14.0. The summed E-state index contributed by atoms with van der Waals surface area (Å²) >= 11 is 0. The lowest BCUT2D eigenvalue weighted by Crippen LogP contribution is -2.28. The van der Waals surface area contributed by atoms with Gasteiger partial charge in [0, 0.05) is 18.9 Å². The zero-order valence-electron chi connectivity index (χ0n) is 11.9. The van der Waals surface area contributed by atoms with E-state index < -0.39 is 0 Å². The third-order valence-electron chi connectivity index (χ3n) is 3.63. The van der Waals surface area contributed by atoms with Gasteiger partial charge in [0.05, 0.1) is 19.5 Å². The van der Waals surface area contributed by atoms with E-state index in [2.05, 4.69) is 5.43 Å². The maximum atomic E-state index is 5.72. The van der Waals surface area contributed by atoms with Crippen LogP contribution < -0.4 is 20.7 Å². The fraction of sp³-hybridized carbons (Fsp3) is 0.375. The molecular weight excluding hydrogens is 268 g/mol. The number of fused-ring (bicyclic) bond motifs is 1. The van der Waals surface area contributed by atoms with E-state index in [9.17, 15) is 0 Å². The number of ether oxygens (including phenoxy) is 2. The van der Waals surface area contributed by atoms with Crippen molar-refractivity contribution in [2.75, 3.05) is 13.2 Å². The van der Waals surface area contributed by atoms with Crippen molar-refractivity contribution in [3.05, 3.63) is 47.9 Å². The van der Waals surface area contributed by atoms with Gasteiger partial charge in [0.2, 0.25) is 0 Å². The van der Waals surface area contributed by atoms with Crippen molar-refractivity contribution < 1.29 is 13.9 Å². The average molecular weight is 288 g/mol. The molecule has 0 fully saturated rings. The highest BCUT2D eigenvalue weighted by molar-refractivity contribution is 5.44. The number of nitrogens with two attached hydrogens (primary N) is 1. The standard InChI is InChI=1S/C16H20N2O3/c17-18-14(6-5-13-3-1-8-19-13)12-4-7-15-16(11-12)21-10-2-9-20-15/h1,3-4,7-8,11,14,18H,2,5-6,9-10,17H2. The normalized spacial score (nSPS) is 15.5. The molecule has 1 aliphatic rings. The lowest BCUT2D eigenvalue weighted by atomic mass is 10.0. The van der Waals surface area contributed by atoms with Crippen LogP contribution in [0.25, 0.3) is 0 Å². The van der Waals surface area contributed by atoms with Gasteiger partial charge in [0.15, 0.2) is 11.5 Å². The van der Waals surface area contributed by atoms with E-state index >= 15 is 0 Å².